The normalized spacial score (nSPS) is 19.7. The highest BCUT2D eigenvalue weighted by molar-refractivity contribution is 5.67. The maximum absolute atomic E-state index is 5.44. The summed E-state index contributed by atoms with van der Waals surface area (Å²) in [5.41, 5.74) is 3.42. The first kappa shape index (κ1) is 11.2. The maximum atomic E-state index is 5.44. The van der Waals surface area contributed by atoms with E-state index >= 15 is 0 Å². The zero-order valence-electron chi connectivity index (χ0n) is 10.2. The van der Waals surface area contributed by atoms with E-state index in [1.807, 2.05) is 16.8 Å². The monoisotopic (exact) mass is 248 g/mol. The Kier molecular flexibility index (Phi) is 2.77. The molecule has 3 rings (SSSR count). The van der Waals surface area contributed by atoms with E-state index in [0.29, 0.717) is 5.82 Å². The second-order valence-electron chi connectivity index (χ2n) is 4.34. The fourth-order valence-electron chi connectivity index (χ4n) is 2.31. The topological polar surface area (TPSA) is 80.7 Å². The number of hydrogen-bond donors (Lipinski definition) is 2. The Labute approximate surface area is 105 Å². The molecule has 0 aromatic carbocycles. The van der Waals surface area contributed by atoms with Crippen molar-refractivity contribution in [3.63, 3.8) is 0 Å². The van der Waals surface area contributed by atoms with Crippen molar-refractivity contribution in [1.82, 2.24) is 14.4 Å². The molecule has 0 spiro atoms. The minimum atomic E-state index is 0.260. The van der Waals surface area contributed by atoms with Crippen molar-refractivity contribution in [3.05, 3.63) is 18.6 Å². The Hall–Kier alpha value is -1.86. The second kappa shape index (κ2) is 4.43. The largest absolute Gasteiger partial charge is 0.380 e. The summed E-state index contributed by atoms with van der Waals surface area (Å²) in [6.07, 6.45) is 6.72. The molecule has 2 aromatic heterocycles. The van der Waals surface area contributed by atoms with Crippen LogP contribution >= 0.6 is 0 Å². The van der Waals surface area contributed by atoms with Gasteiger partial charge in [0.2, 0.25) is 0 Å². The molecular formula is C11H16N6O. The minimum Gasteiger partial charge on any atom is -0.380 e. The molecule has 96 valence electrons. The van der Waals surface area contributed by atoms with Gasteiger partial charge in [-0.2, -0.15) is 0 Å². The lowest BCUT2D eigenvalue weighted by molar-refractivity contribution is 0.121. The summed E-state index contributed by atoms with van der Waals surface area (Å²) < 4.78 is 7.29. The van der Waals surface area contributed by atoms with Crippen LogP contribution in [0.4, 0.5) is 11.6 Å². The predicted molar refractivity (Wildman–Crippen MR) is 68.4 cm³/mol. The molecular weight excluding hydrogens is 232 g/mol. The van der Waals surface area contributed by atoms with Crippen LogP contribution in [-0.2, 0) is 4.74 Å². The smallest absolute Gasteiger partial charge is 0.180 e. The lowest BCUT2D eigenvalue weighted by Gasteiger charge is -2.18. The fourth-order valence-corrected chi connectivity index (χ4v) is 2.31. The van der Waals surface area contributed by atoms with E-state index in [9.17, 15) is 0 Å². The van der Waals surface area contributed by atoms with Gasteiger partial charge in [-0.3, -0.25) is 0 Å². The van der Waals surface area contributed by atoms with E-state index < -0.39 is 0 Å². The average Bonchev–Trinajstić information content (AvgIpc) is 3.05. The summed E-state index contributed by atoms with van der Waals surface area (Å²) in [5, 5.41) is 0. The number of hydrazine groups is 1. The van der Waals surface area contributed by atoms with Crippen LogP contribution in [0.15, 0.2) is 18.6 Å². The molecule has 7 heteroatoms. The fraction of sp³-hybridized carbons (Fsp3) is 0.455. The highest BCUT2D eigenvalue weighted by atomic mass is 16.5. The van der Waals surface area contributed by atoms with Crippen LogP contribution in [0.1, 0.15) is 6.42 Å². The van der Waals surface area contributed by atoms with Gasteiger partial charge in [0.1, 0.15) is 0 Å². The highest BCUT2D eigenvalue weighted by Gasteiger charge is 2.25. The Bertz CT molecular complexity index is 553. The third kappa shape index (κ3) is 1.77. The van der Waals surface area contributed by atoms with Gasteiger partial charge in [-0.25, -0.2) is 15.8 Å². The molecule has 0 saturated carbocycles. The number of anilines is 2. The zero-order valence-corrected chi connectivity index (χ0v) is 10.2. The molecule has 7 nitrogen and oxygen atoms in total. The number of methoxy groups -OCH3 is 1. The van der Waals surface area contributed by atoms with Crippen molar-refractivity contribution in [3.8, 4) is 0 Å². The quantitative estimate of drug-likeness (QED) is 0.598. The average molecular weight is 248 g/mol. The van der Waals surface area contributed by atoms with Crippen LogP contribution in [0.3, 0.4) is 0 Å². The van der Waals surface area contributed by atoms with Gasteiger partial charge >= 0.3 is 0 Å². The Balaban J connectivity index is 2.02. The lowest BCUT2D eigenvalue weighted by Crippen LogP contribution is -2.24. The zero-order chi connectivity index (χ0) is 12.5. The number of fused-ring (bicyclic) bond motifs is 1. The summed E-state index contributed by atoms with van der Waals surface area (Å²) >= 11 is 0. The summed E-state index contributed by atoms with van der Waals surface area (Å²) in [5.74, 6) is 6.91. The van der Waals surface area contributed by atoms with Gasteiger partial charge in [0.15, 0.2) is 17.3 Å². The summed E-state index contributed by atoms with van der Waals surface area (Å²) in [6, 6.07) is 0. The highest BCUT2D eigenvalue weighted by Crippen LogP contribution is 2.24. The van der Waals surface area contributed by atoms with Crippen molar-refractivity contribution in [2.45, 2.75) is 12.5 Å². The van der Waals surface area contributed by atoms with Gasteiger partial charge in [-0.1, -0.05) is 0 Å². The van der Waals surface area contributed by atoms with Gasteiger partial charge in [-0.05, 0) is 6.42 Å². The molecule has 0 bridgehead atoms. The number of rotatable bonds is 3. The van der Waals surface area contributed by atoms with Gasteiger partial charge in [-0.15, -0.1) is 0 Å². The second-order valence-corrected chi connectivity index (χ2v) is 4.34. The van der Waals surface area contributed by atoms with Crippen LogP contribution in [0.5, 0.6) is 0 Å². The third-order valence-corrected chi connectivity index (χ3v) is 3.28. The Morgan fingerprint density at radius 3 is 3.17 bits per heavy atom. The van der Waals surface area contributed by atoms with Crippen LogP contribution in [0, 0.1) is 0 Å². The number of ether oxygens (including phenoxy) is 1. The molecule has 0 radical (unpaired) electrons. The Morgan fingerprint density at radius 2 is 2.44 bits per heavy atom. The summed E-state index contributed by atoms with van der Waals surface area (Å²) in [7, 11) is 1.74. The summed E-state index contributed by atoms with van der Waals surface area (Å²) in [4.78, 5) is 11.0. The van der Waals surface area contributed by atoms with E-state index in [0.717, 1.165) is 31.0 Å². The maximum Gasteiger partial charge on any atom is 0.180 e. The Morgan fingerprint density at radius 1 is 1.56 bits per heavy atom. The first-order valence-electron chi connectivity index (χ1n) is 5.90. The van der Waals surface area contributed by atoms with Crippen molar-refractivity contribution < 1.29 is 4.74 Å². The van der Waals surface area contributed by atoms with Crippen molar-refractivity contribution in [2.24, 2.45) is 5.84 Å². The number of nitrogens with zero attached hydrogens (tertiary/aromatic N) is 4. The molecule has 3 N–H and O–H groups in total. The van der Waals surface area contributed by atoms with Crippen LogP contribution < -0.4 is 16.2 Å². The van der Waals surface area contributed by atoms with Gasteiger partial charge in [0.25, 0.3) is 0 Å². The molecule has 1 saturated heterocycles. The minimum absolute atomic E-state index is 0.260. The molecule has 1 atom stereocenters. The van der Waals surface area contributed by atoms with Crippen LogP contribution in [0.2, 0.25) is 0 Å². The number of hydrogen-bond acceptors (Lipinski definition) is 6. The van der Waals surface area contributed by atoms with Gasteiger partial charge < -0.3 is 19.5 Å². The molecule has 1 fully saturated rings. The molecule has 3 heterocycles. The van der Waals surface area contributed by atoms with Crippen molar-refractivity contribution in [2.75, 3.05) is 30.5 Å². The molecule has 0 aliphatic carbocycles. The number of nitrogen functional groups attached to an aromatic ring is 1. The lowest BCUT2D eigenvalue weighted by atomic mass is 10.3. The van der Waals surface area contributed by atoms with E-state index in [-0.39, 0.29) is 6.10 Å². The van der Waals surface area contributed by atoms with Crippen LogP contribution in [-0.4, -0.2) is 40.7 Å². The predicted octanol–water partition coefficient (Wildman–Crippen LogP) is 0.240. The first-order chi connectivity index (χ1) is 8.81. The van der Waals surface area contributed by atoms with Gasteiger partial charge in [0.05, 0.1) is 12.3 Å². The first-order valence-corrected chi connectivity index (χ1v) is 5.90. The van der Waals surface area contributed by atoms with E-state index in [1.54, 1.807) is 13.3 Å². The van der Waals surface area contributed by atoms with E-state index in [4.69, 9.17) is 10.6 Å². The number of nitrogens with one attached hydrogen (secondary N) is 1. The molecule has 1 aliphatic rings. The van der Waals surface area contributed by atoms with Crippen molar-refractivity contribution >= 4 is 17.3 Å². The number of nitrogens with two attached hydrogens (primary N) is 1. The van der Waals surface area contributed by atoms with E-state index in [1.165, 1.54) is 0 Å². The molecule has 2 aromatic rings. The molecule has 18 heavy (non-hydrogen) atoms. The number of imidazole rings is 1. The number of aromatic nitrogens is 3. The van der Waals surface area contributed by atoms with Crippen LogP contribution in [0.25, 0.3) is 5.65 Å². The SMILES string of the molecule is COC1CCN(c2nc(NN)cn3ccnc23)C1. The molecule has 0 amide bonds. The van der Waals surface area contributed by atoms with Crippen molar-refractivity contribution in [1.29, 1.82) is 0 Å². The van der Waals surface area contributed by atoms with E-state index in [2.05, 4.69) is 20.3 Å². The third-order valence-electron chi connectivity index (χ3n) is 3.28. The molecule has 1 unspecified atom stereocenters. The standard InChI is InChI=1S/C11H16N6O/c1-18-8-2-4-16(6-8)11-10-13-3-5-17(10)7-9(14-11)15-12/h3,5,7-8,15H,2,4,6,12H2,1H3. The molecule has 1 aliphatic heterocycles. The van der Waals surface area contributed by atoms with Gasteiger partial charge in [0, 0.05) is 32.6 Å². The summed E-state index contributed by atoms with van der Waals surface area (Å²) in [6.45, 7) is 1.75.